The molecule has 4 aliphatic heterocycles. The quantitative estimate of drug-likeness (QED) is 0.0604. The van der Waals surface area contributed by atoms with Crippen LogP contribution in [0.1, 0.15) is 99.8 Å². The molecule has 4 heterocycles. The van der Waals surface area contributed by atoms with E-state index in [0.29, 0.717) is 25.7 Å². The summed E-state index contributed by atoms with van der Waals surface area (Å²) in [7, 11) is 0. The minimum Gasteiger partial charge on any atom is -0.481 e. The van der Waals surface area contributed by atoms with Crippen molar-refractivity contribution in [3.63, 3.8) is 0 Å². The molecule has 8 fully saturated rings. The Hall–Kier alpha value is -2.61. The van der Waals surface area contributed by atoms with Crippen molar-refractivity contribution in [2.45, 2.75) is 229 Å². The number of aliphatic hydroxyl groups is 12. The van der Waals surface area contributed by atoms with Crippen molar-refractivity contribution < 1.29 is 124 Å². The van der Waals surface area contributed by atoms with Gasteiger partial charge in [0.25, 0.3) is 0 Å². The highest BCUT2D eigenvalue weighted by Gasteiger charge is 2.74. The summed E-state index contributed by atoms with van der Waals surface area (Å²) in [5, 5.41) is 153. The molecule has 0 bridgehead atoms. The Morgan fingerprint density at radius 3 is 1.84 bits per heavy atom. The number of aliphatic hydroxyl groups excluding tert-OH is 12. The summed E-state index contributed by atoms with van der Waals surface area (Å²) >= 11 is 0. The number of rotatable bonds is 10. The van der Waals surface area contributed by atoms with E-state index in [2.05, 4.69) is 33.8 Å². The average molecular weight is 1110 g/mol. The minimum atomic E-state index is -2.03. The molecule has 25 nitrogen and oxygen atoms in total. The lowest BCUT2D eigenvalue weighted by atomic mass is 9.33. The monoisotopic (exact) mass is 1100 g/mol. The number of carboxylic acid groups (broad SMARTS) is 2. The molecule has 77 heavy (non-hydrogen) atoms. The molecule has 9 aliphatic rings. The van der Waals surface area contributed by atoms with Gasteiger partial charge in [-0.3, -0.25) is 9.59 Å². The van der Waals surface area contributed by atoms with Crippen molar-refractivity contribution in [1.82, 2.24) is 0 Å². The van der Waals surface area contributed by atoms with Crippen molar-refractivity contribution in [3.8, 4) is 0 Å². The van der Waals surface area contributed by atoms with E-state index in [1.54, 1.807) is 0 Å². The molecule has 438 valence electrons. The van der Waals surface area contributed by atoms with Crippen LogP contribution in [0.5, 0.6) is 0 Å². The molecule has 0 radical (unpaired) electrons. The normalized spacial score (nSPS) is 54.6. The van der Waals surface area contributed by atoms with E-state index in [1.807, 2.05) is 6.92 Å². The molecule has 29 unspecified atom stereocenters. The molecule has 0 spiro atoms. The van der Waals surface area contributed by atoms with Gasteiger partial charge in [0.05, 0.1) is 36.9 Å². The molecule has 0 amide bonds. The molecule has 25 heteroatoms. The maximum Gasteiger partial charge on any atom is 0.335 e. The Morgan fingerprint density at radius 1 is 0.597 bits per heavy atom. The lowest BCUT2D eigenvalue weighted by Crippen LogP contribution is -2.71. The predicted molar refractivity (Wildman–Crippen MR) is 255 cm³/mol. The lowest BCUT2D eigenvalue weighted by molar-refractivity contribution is -0.369. The van der Waals surface area contributed by atoms with Crippen LogP contribution in [0.15, 0.2) is 11.6 Å². The van der Waals surface area contributed by atoms with Crippen molar-refractivity contribution in [2.24, 2.45) is 50.2 Å². The summed E-state index contributed by atoms with van der Waals surface area (Å²) in [4.78, 5) is 40.9. The second kappa shape index (κ2) is 20.7. The highest BCUT2D eigenvalue weighted by molar-refractivity contribution is 5.80. The van der Waals surface area contributed by atoms with Crippen LogP contribution < -0.4 is 0 Å². The zero-order valence-corrected chi connectivity index (χ0v) is 44.3. The zero-order chi connectivity index (χ0) is 56.6. The molecule has 0 aromatic rings. The van der Waals surface area contributed by atoms with Gasteiger partial charge in [0.2, 0.25) is 6.29 Å². The van der Waals surface area contributed by atoms with Crippen LogP contribution in [0.4, 0.5) is 0 Å². The standard InChI is InChI=1S/C52H80O25/c1-19-36(73-41-33(62)28(57)23(54)17-70-41)32(61)35(64)42(72-19)75-38-29(58)24(55)18-71-44(38)77-46(69)52-13-12-47(2,3)14-21(52)20-8-9-25-48(4)15-22(53)39(76-43-34(63)30(59)31(60)37(74-43)40(65)66)51(7,45(67)68)26(48)10-11-49(25,5)50(20,6)16-27(52)56/h8,19,21-39,41-44,53-64H,9-18H2,1-7H3,(H,65,66)(H,67,68). The van der Waals surface area contributed by atoms with Crippen LogP contribution in [0.25, 0.3) is 0 Å². The van der Waals surface area contributed by atoms with E-state index >= 15 is 4.79 Å². The molecule has 14 N–H and O–H groups in total. The highest BCUT2D eigenvalue weighted by Crippen LogP contribution is 2.76. The molecular formula is C52H80O25. The fourth-order valence-electron chi connectivity index (χ4n) is 16.1. The minimum absolute atomic E-state index is 0.00693. The summed E-state index contributed by atoms with van der Waals surface area (Å²) < 4.78 is 46.4. The Bertz CT molecular complexity index is 2250. The van der Waals surface area contributed by atoms with Gasteiger partial charge in [-0.2, -0.15) is 0 Å². The maximum atomic E-state index is 15.3. The zero-order valence-electron chi connectivity index (χ0n) is 44.3. The van der Waals surface area contributed by atoms with Crippen LogP contribution in [0.3, 0.4) is 0 Å². The van der Waals surface area contributed by atoms with Gasteiger partial charge in [0.15, 0.2) is 31.1 Å². The number of carbonyl (C=O) groups is 3. The molecule has 9 rings (SSSR count). The number of ether oxygens (including phenoxy) is 8. The van der Waals surface area contributed by atoms with Gasteiger partial charge in [-0.15, -0.1) is 0 Å². The molecule has 0 aromatic heterocycles. The largest absolute Gasteiger partial charge is 0.481 e. The molecule has 4 saturated heterocycles. The summed E-state index contributed by atoms with van der Waals surface area (Å²) in [5.41, 5.74) is -5.38. The van der Waals surface area contributed by atoms with E-state index in [9.17, 15) is 81.1 Å². The molecule has 29 atom stereocenters. The number of aliphatic carboxylic acids is 2. The topological polar surface area (TPSA) is 408 Å². The number of esters is 1. The summed E-state index contributed by atoms with van der Waals surface area (Å²) in [5.74, 6) is -5.53. The first-order chi connectivity index (χ1) is 35.8. The van der Waals surface area contributed by atoms with E-state index in [0.717, 1.165) is 5.57 Å². The Balaban J connectivity index is 0.973. The van der Waals surface area contributed by atoms with Crippen molar-refractivity contribution in [1.29, 1.82) is 0 Å². The van der Waals surface area contributed by atoms with Gasteiger partial charge in [0.1, 0.15) is 78.7 Å². The number of hydrogen-bond acceptors (Lipinski definition) is 23. The van der Waals surface area contributed by atoms with Crippen LogP contribution in [0, 0.1) is 50.2 Å². The van der Waals surface area contributed by atoms with Crippen molar-refractivity contribution in [3.05, 3.63) is 11.6 Å². The third-order valence-electron chi connectivity index (χ3n) is 20.7. The second-order valence-corrected chi connectivity index (χ2v) is 25.4. The Labute approximate surface area is 444 Å². The molecule has 0 aromatic carbocycles. The van der Waals surface area contributed by atoms with E-state index < -0.39 is 199 Å². The van der Waals surface area contributed by atoms with Crippen LogP contribution >= 0.6 is 0 Å². The van der Waals surface area contributed by atoms with Crippen LogP contribution in [-0.4, -0.2) is 232 Å². The molecular weight excluding hydrogens is 1020 g/mol. The van der Waals surface area contributed by atoms with E-state index in [1.165, 1.54) is 13.8 Å². The van der Waals surface area contributed by atoms with E-state index in [4.69, 9.17) is 37.9 Å². The van der Waals surface area contributed by atoms with Gasteiger partial charge < -0.3 is 109 Å². The molecule has 4 saturated carbocycles. The highest BCUT2D eigenvalue weighted by atomic mass is 16.8. The first kappa shape index (κ1) is 59.0. The summed E-state index contributed by atoms with van der Waals surface area (Å²) in [6.07, 6.45) is -31.4. The van der Waals surface area contributed by atoms with E-state index in [-0.39, 0.29) is 37.0 Å². The van der Waals surface area contributed by atoms with Gasteiger partial charge in [-0.25, -0.2) is 4.79 Å². The van der Waals surface area contributed by atoms with Gasteiger partial charge in [-0.1, -0.05) is 46.3 Å². The Kier molecular flexibility index (Phi) is 15.8. The number of carboxylic acids is 2. The van der Waals surface area contributed by atoms with Crippen LogP contribution in [-0.2, 0) is 52.3 Å². The number of carbonyl (C=O) groups excluding carboxylic acids is 1. The Morgan fingerprint density at radius 2 is 1.19 bits per heavy atom. The third-order valence-corrected chi connectivity index (χ3v) is 20.7. The fourth-order valence-corrected chi connectivity index (χ4v) is 16.1. The SMILES string of the molecule is CC1OC(OC2C(OC(=O)C34CCC(C)(C)CC3C3=CCC5C6(C)CC(O)C(OC7OC(C(=O)O)C(O)C(O)C7O)C(C)(C(=O)O)C6CCC5(C)C3(C)CC4O)OCC(O)C2O)C(O)C(O)C1OC1OCC(O)C(O)C1O. The number of hydrogen-bond donors (Lipinski definition) is 14. The van der Waals surface area contributed by atoms with Gasteiger partial charge in [-0.05, 0) is 105 Å². The number of fused-ring (bicyclic) bond motifs is 7. The third kappa shape index (κ3) is 9.22. The van der Waals surface area contributed by atoms with Gasteiger partial charge >= 0.3 is 17.9 Å². The summed E-state index contributed by atoms with van der Waals surface area (Å²) in [6.45, 7) is 12.2. The van der Waals surface area contributed by atoms with Crippen molar-refractivity contribution >= 4 is 17.9 Å². The predicted octanol–water partition coefficient (Wildman–Crippen LogP) is -2.63. The first-order valence-electron chi connectivity index (χ1n) is 26.9. The maximum absolute atomic E-state index is 15.3. The lowest BCUT2D eigenvalue weighted by Gasteiger charge is -2.71. The van der Waals surface area contributed by atoms with Crippen LogP contribution in [0.2, 0.25) is 0 Å². The summed E-state index contributed by atoms with van der Waals surface area (Å²) in [6, 6.07) is 0. The second-order valence-electron chi connectivity index (χ2n) is 25.4. The first-order valence-corrected chi connectivity index (χ1v) is 26.9. The average Bonchev–Trinajstić information content (AvgIpc) is 3.55. The smallest absolute Gasteiger partial charge is 0.335 e. The molecule has 5 aliphatic carbocycles. The number of allylic oxidation sites excluding steroid dienone is 2. The fraction of sp³-hybridized carbons (Fsp3) is 0.904. The van der Waals surface area contributed by atoms with Crippen molar-refractivity contribution in [2.75, 3.05) is 13.2 Å². The van der Waals surface area contributed by atoms with Gasteiger partial charge in [0, 0.05) is 0 Å².